The summed E-state index contributed by atoms with van der Waals surface area (Å²) in [5.41, 5.74) is 0.885. The van der Waals surface area contributed by atoms with Gasteiger partial charge in [-0.1, -0.05) is 20.3 Å². The molecule has 0 saturated heterocycles. The van der Waals surface area contributed by atoms with Gasteiger partial charge in [-0.05, 0) is 37.2 Å². The van der Waals surface area contributed by atoms with Crippen molar-refractivity contribution in [3.63, 3.8) is 0 Å². The fraction of sp³-hybridized carbons (Fsp3) is 0.643. The topological polar surface area (TPSA) is 68.1 Å². The Hall–Kier alpha value is -1.65. The number of anilines is 1. The van der Waals surface area contributed by atoms with Crippen LogP contribution in [0.4, 0.5) is 11.5 Å². The van der Waals surface area contributed by atoms with Gasteiger partial charge in [0.15, 0.2) is 0 Å². The third kappa shape index (κ3) is 2.85. The fourth-order valence-corrected chi connectivity index (χ4v) is 3.01. The van der Waals surface area contributed by atoms with E-state index in [2.05, 4.69) is 24.1 Å². The number of hydrogen-bond acceptors (Lipinski definition) is 4. The first-order chi connectivity index (χ1) is 9.02. The summed E-state index contributed by atoms with van der Waals surface area (Å²) in [6.45, 7) is 6.24. The highest BCUT2D eigenvalue weighted by atomic mass is 16.6. The number of aromatic nitrogens is 1. The van der Waals surface area contributed by atoms with Crippen LogP contribution in [-0.4, -0.2) is 15.9 Å². The predicted molar refractivity (Wildman–Crippen MR) is 75.2 cm³/mol. The quantitative estimate of drug-likeness (QED) is 0.666. The van der Waals surface area contributed by atoms with Gasteiger partial charge >= 0.3 is 5.69 Å². The van der Waals surface area contributed by atoms with Crippen molar-refractivity contribution < 1.29 is 4.92 Å². The van der Waals surface area contributed by atoms with Crippen LogP contribution in [0, 0.1) is 28.9 Å². The molecular weight excluding hydrogens is 242 g/mol. The predicted octanol–water partition coefficient (Wildman–Crippen LogP) is 3.53. The highest BCUT2D eigenvalue weighted by Gasteiger charge is 2.32. The van der Waals surface area contributed by atoms with Gasteiger partial charge < -0.3 is 5.32 Å². The fourth-order valence-electron chi connectivity index (χ4n) is 3.01. The maximum absolute atomic E-state index is 11.1. The van der Waals surface area contributed by atoms with Crippen molar-refractivity contribution in [2.45, 2.75) is 46.1 Å². The van der Waals surface area contributed by atoms with Crippen LogP contribution >= 0.6 is 0 Å². The highest BCUT2D eigenvalue weighted by molar-refractivity contribution is 5.57. The van der Waals surface area contributed by atoms with Crippen molar-refractivity contribution in [2.24, 2.45) is 11.8 Å². The largest absolute Gasteiger partial charge is 0.361 e. The van der Waals surface area contributed by atoms with Gasteiger partial charge in [0, 0.05) is 18.3 Å². The lowest BCUT2D eigenvalue weighted by Gasteiger charge is -2.21. The Morgan fingerprint density at radius 2 is 2.26 bits per heavy atom. The molecule has 3 unspecified atom stereocenters. The first-order valence-corrected chi connectivity index (χ1v) is 6.90. The average molecular weight is 263 g/mol. The summed E-state index contributed by atoms with van der Waals surface area (Å²) in [5.74, 6) is 1.65. The molecule has 1 aliphatic carbocycles. The third-order valence-electron chi connectivity index (χ3n) is 4.27. The molecule has 1 heterocycles. The van der Waals surface area contributed by atoms with E-state index >= 15 is 0 Å². The lowest BCUT2D eigenvalue weighted by molar-refractivity contribution is -0.384. The van der Waals surface area contributed by atoms with Crippen LogP contribution in [0.5, 0.6) is 0 Å². The van der Waals surface area contributed by atoms with Crippen LogP contribution in [0.15, 0.2) is 12.3 Å². The van der Waals surface area contributed by atoms with Crippen molar-refractivity contribution in [3.8, 4) is 0 Å². The van der Waals surface area contributed by atoms with Gasteiger partial charge in [0.25, 0.3) is 0 Å². The number of nitro groups is 1. The van der Waals surface area contributed by atoms with Crippen molar-refractivity contribution in [1.82, 2.24) is 4.98 Å². The van der Waals surface area contributed by atoms with E-state index in [1.54, 1.807) is 12.3 Å². The lowest BCUT2D eigenvalue weighted by Crippen LogP contribution is -2.25. The van der Waals surface area contributed by atoms with E-state index in [-0.39, 0.29) is 10.6 Å². The summed E-state index contributed by atoms with van der Waals surface area (Å²) < 4.78 is 0. The number of aryl methyl sites for hydroxylation is 1. The van der Waals surface area contributed by atoms with E-state index in [1.807, 2.05) is 6.92 Å². The number of nitrogens with one attached hydrogen (secondary N) is 1. The van der Waals surface area contributed by atoms with Gasteiger partial charge in [0.1, 0.15) is 0 Å². The maximum Gasteiger partial charge on any atom is 0.311 e. The van der Waals surface area contributed by atoms with Crippen molar-refractivity contribution in [2.75, 3.05) is 5.32 Å². The molecule has 0 amide bonds. The Kier molecular flexibility index (Phi) is 4.02. The molecular formula is C14H21N3O2. The zero-order valence-electron chi connectivity index (χ0n) is 11.7. The Morgan fingerprint density at radius 1 is 1.53 bits per heavy atom. The molecule has 0 aromatic carbocycles. The minimum Gasteiger partial charge on any atom is -0.361 e. The molecule has 2 rings (SSSR count). The Morgan fingerprint density at radius 3 is 2.84 bits per heavy atom. The molecule has 1 fully saturated rings. The molecule has 1 aromatic rings. The van der Waals surface area contributed by atoms with E-state index in [4.69, 9.17) is 0 Å². The third-order valence-corrected chi connectivity index (χ3v) is 4.27. The monoisotopic (exact) mass is 263 g/mol. The normalized spacial score (nSPS) is 26.4. The molecule has 0 bridgehead atoms. The second-order valence-corrected chi connectivity index (χ2v) is 5.49. The molecule has 0 aliphatic heterocycles. The van der Waals surface area contributed by atoms with Crippen molar-refractivity contribution in [3.05, 3.63) is 27.9 Å². The summed E-state index contributed by atoms with van der Waals surface area (Å²) in [6, 6.07) is 1.87. The molecule has 0 radical (unpaired) electrons. The van der Waals surface area contributed by atoms with E-state index in [9.17, 15) is 10.1 Å². The number of pyridine rings is 1. The SMILES string of the molecule is CCC1CCC(Nc2ncc(C)cc2[N+](=O)[O-])C1C. The molecule has 5 heteroatoms. The van der Waals surface area contributed by atoms with Crippen molar-refractivity contribution >= 4 is 11.5 Å². The zero-order chi connectivity index (χ0) is 14.0. The summed E-state index contributed by atoms with van der Waals surface area (Å²) in [4.78, 5) is 14.9. The number of rotatable bonds is 4. The standard InChI is InChI=1S/C14H21N3O2/c1-4-11-5-6-12(10(11)3)16-14-13(17(18)19)7-9(2)8-15-14/h7-8,10-12H,4-6H2,1-3H3,(H,15,16). The molecule has 0 spiro atoms. The van der Waals surface area contributed by atoms with Gasteiger partial charge in [-0.15, -0.1) is 0 Å². The maximum atomic E-state index is 11.1. The first kappa shape index (κ1) is 13.8. The molecule has 1 aromatic heterocycles. The molecule has 19 heavy (non-hydrogen) atoms. The van der Waals surface area contributed by atoms with Crippen LogP contribution in [0.1, 0.15) is 38.7 Å². The van der Waals surface area contributed by atoms with E-state index in [0.29, 0.717) is 23.7 Å². The van der Waals surface area contributed by atoms with E-state index in [0.717, 1.165) is 12.0 Å². The van der Waals surface area contributed by atoms with Gasteiger partial charge in [-0.3, -0.25) is 10.1 Å². The summed E-state index contributed by atoms with van der Waals surface area (Å²) >= 11 is 0. The van der Waals surface area contributed by atoms with Crippen molar-refractivity contribution in [1.29, 1.82) is 0 Å². The minimum atomic E-state index is -0.362. The van der Waals surface area contributed by atoms with Crippen LogP contribution in [0.2, 0.25) is 0 Å². The van der Waals surface area contributed by atoms with Gasteiger partial charge in [-0.2, -0.15) is 0 Å². The Balaban J connectivity index is 2.18. The Labute approximate surface area is 113 Å². The van der Waals surface area contributed by atoms with Crippen LogP contribution in [0.3, 0.4) is 0 Å². The van der Waals surface area contributed by atoms with E-state index < -0.39 is 0 Å². The molecule has 1 aliphatic rings. The Bertz CT molecular complexity index is 476. The number of hydrogen-bond donors (Lipinski definition) is 1. The smallest absolute Gasteiger partial charge is 0.311 e. The molecule has 1 N–H and O–H groups in total. The highest BCUT2D eigenvalue weighted by Crippen LogP contribution is 2.36. The zero-order valence-corrected chi connectivity index (χ0v) is 11.7. The van der Waals surface area contributed by atoms with Crippen LogP contribution < -0.4 is 5.32 Å². The second-order valence-electron chi connectivity index (χ2n) is 5.49. The molecule has 5 nitrogen and oxygen atoms in total. The van der Waals surface area contributed by atoms with Gasteiger partial charge in [-0.25, -0.2) is 4.98 Å². The molecule has 1 saturated carbocycles. The van der Waals surface area contributed by atoms with Gasteiger partial charge in [0.05, 0.1) is 4.92 Å². The first-order valence-electron chi connectivity index (χ1n) is 6.90. The lowest BCUT2D eigenvalue weighted by atomic mass is 9.93. The second kappa shape index (κ2) is 5.55. The van der Waals surface area contributed by atoms with Crippen LogP contribution in [0.25, 0.3) is 0 Å². The van der Waals surface area contributed by atoms with Gasteiger partial charge in [0.2, 0.25) is 5.82 Å². The summed E-state index contributed by atoms with van der Waals surface area (Å²) in [7, 11) is 0. The molecule has 104 valence electrons. The van der Waals surface area contributed by atoms with Crippen LogP contribution in [-0.2, 0) is 0 Å². The summed E-state index contributed by atoms with van der Waals surface area (Å²) in [6.07, 6.45) is 5.09. The molecule has 3 atom stereocenters. The average Bonchev–Trinajstić information content (AvgIpc) is 2.72. The minimum absolute atomic E-state index is 0.0761. The van der Waals surface area contributed by atoms with E-state index in [1.165, 1.54) is 12.8 Å². The number of nitrogens with zero attached hydrogens (tertiary/aromatic N) is 2. The summed E-state index contributed by atoms with van der Waals surface area (Å²) in [5, 5.41) is 14.4.